The van der Waals surface area contributed by atoms with Gasteiger partial charge in [0.25, 0.3) is 0 Å². The van der Waals surface area contributed by atoms with Gasteiger partial charge in [0, 0.05) is 71.9 Å². The van der Waals surface area contributed by atoms with Crippen LogP contribution >= 0.6 is 0 Å². The fourth-order valence-electron chi connectivity index (χ4n) is 10.1. The van der Waals surface area contributed by atoms with Crippen molar-refractivity contribution in [3.63, 3.8) is 0 Å². The first-order valence-corrected chi connectivity index (χ1v) is 23.6. The fraction of sp³-hybridized carbons (Fsp3) is 0.300. The second-order valence-corrected chi connectivity index (χ2v) is 18.4. The first kappa shape index (κ1) is 52.0. The van der Waals surface area contributed by atoms with Gasteiger partial charge in [-0.2, -0.15) is 0 Å². The van der Waals surface area contributed by atoms with Gasteiger partial charge in [0.15, 0.2) is 34.7 Å². The van der Waals surface area contributed by atoms with Crippen molar-refractivity contribution in [1.82, 2.24) is 0 Å². The van der Waals surface area contributed by atoms with E-state index in [9.17, 15) is 28.8 Å². The zero-order valence-electron chi connectivity index (χ0n) is 43.1. The van der Waals surface area contributed by atoms with Crippen molar-refractivity contribution < 1.29 is 57.2 Å². The maximum atomic E-state index is 13.4. The normalized spacial score (nSPS) is 12.2. The molecule has 12 heteroatoms. The van der Waals surface area contributed by atoms with Gasteiger partial charge in [-0.25, -0.2) is 0 Å². The SMILES string of the molecule is COc1c2cc(C(C)=O)cc1Cc1cc(C(C)=O)cc(c1OC)Cc1cc(C(C)=O)cc(c1OC)Cc1cc(C(C)=O)cc(c1OC)Cc1cc(C(C)=O)cc(c1OC)Cc1cc(C(C)=O)cc(c1OC)C2. The highest BCUT2D eigenvalue weighted by Crippen LogP contribution is 2.42. The van der Waals surface area contributed by atoms with Gasteiger partial charge in [0.05, 0.1) is 42.7 Å². The van der Waals surface area contributed by atoms with E-state index >= 15 is 0 Å². The van der Waals surface area contributed by atoms with Crippen LogP contribution < -0.4 is 28.4 Å². The molecule has 0 aliphatic heterocycles. The summed E-state index contributed by atoms with van der Waals surface area (Å²) in [4.78, 5) is 80.2. The van der Waals surface area contributed by atoms with Crippen molar-refractivity contribution in [1.29, 1.82) is 0 Å². The predicted octanol–water partition coefficient (Wildman–Crippen LogP) is 10.8. The molecule has 6 aromatic carbocycles. The number of ketones is 6. The molecule has 72 heavy (non-hydrogen) atoms. The van der Waals surface area contributed by atoms with E-state index in [0.717, 1.165) is 0 Å². The molecule has 0 unspecified atom stereocenters. The van der Waals surface area contributed by atoms with Crippen LogP contribution in [0.1, 0.15) is 170 Å². The highest BCUT2D eigenvalue weighted by Gasteiger charge is 2.27. The quantitative estimate of drug-likeness (QED) is 0.107. The number of benzene rings is 6. The Morgan fingerprint density at radius 1 is 0.236 bits per heavy atom. The monoisotopic (exact) mass is 972 g/mol. The van der Waals surface area contributed by atoms with E-state index < -0.39 is 0 Å². The van der Waals surface area contributed by atoms with Crippen LogP contribution in [0.15, 0.2) is 72.8 Å². The van der Waals surface area contributed by atoms with Gasteiger partial charge in [-0.05, 0) is 181 Å². The number of hydrogen-bond acceptors (Lipinski definition) is 12. The lowest BCUT2D eigenvalue weighted by Crippen LogP contribution is -2.10. The molecule has 0 aromatic heterocycles. The number of rotatable bonds is 12. The van der Waals surface area contributed by atoms with Crippen molar-refractivity contribution in [3.8, 4) is 34.5 Å². The number of fused-ring (bicyclic) bond motifs is 12. The summed E-state index contributed by atoms with van der Waals surface area (Å²) >= 11 is 0. The van der Waals surface area contributed by atoms with E-state index in [-0.39, 0.29) is 73.2 Å². The maximum absolute atomic E-state index is 13.4. The van der Waals surface area contributed by atoms with Crippen molar-refractivity contribution in [2.24, 2.45) is 0 Å². The Kier molecular flexibility index (Phi) is 15.6. The molecule has 0 fully saturated rings. The highest BCUT2D eigenvalue weighted by atomic mass is 16.5. The third-order valence-corrected chi connectivity index (χ3v) is 13.4. The summed E-state index contributed by atoms with van der Waals surface area (Å²) in [7, 11) is 9.32. The summed E-state index contributed by atoms with van der Waals surface area (Å²) < 4.78 is 37.3. The number of carbonyl (C=O) groups is 6. The topological polar surface area (TPSA) is 158 Å². The average Bonchev–Trinajstić information content (AvgIpc) is 3.33. The lowest BCUT2D eigenvalue weighted by Gasteiger charge is -2.22. The first-order chi connectivity index (χ1) is 34.3. The largest absolute Gasteiger partial charge is 0.496 e. The van der Waals surface area contributed by atoms with Crippen LogP contribution in [-0.2, 0) is 38.5 Å². The third kappa shape index (κ3) is 10.6. The van der Waals surface area contributed by atoms with Gasteiger partial charge >= 0.3 is 0 Å². The van der Waals surface area contributed by atoms with Crippen LogP contribution in [0.25, 0.3) is 0 Å². The number of ether oxygens (including phenoxy) is 6. The zero-order chi connectivity index (χ0) is 52.3. The van der Waals surface area contributed by atoms with E-state index in [1.54, 1.807) is 115 Å². The van der Waals surface area contributed by atoms with E-state index in [1.807, 2.05) is 0 Å². The van der Waals surface area contributed by atoms with Crippen LogP contribution in [0.3, 0.4) is 0 Å². The summed E-state index contributed by atoms with van der Waals surface area (Å²) in [6.07, 6.45) is 1.02. The van der Waals surface area contributed by atoms with Gasteiger partial charge < -0.3 is 28.4 Å². The Bertz CT molecular complexity index is 2530. The molecular formula is C60H60O12. The zero-order valence-corrected chi connectivity index (χ0v) is 43.1. The molecule has 12 nitrogen and oxygen atoms in total. The molecule has 0 spiro atoms. The van der Waals surface area contributed by atoms with E-state index in [1.165, 1.54) is 41.5 Å². The van der Waals surface area contributed by atoms with Gasteiger partial charge in [0.1, 0.15) is 34.5 Å². The van der Waals surface area contributed by atoms with Gasteiger partial charge in [0.2, 0.25) is 0 Å². The van der Waals surface area contributed by atoms with Crippen LogP contribution in [0.5, 0.6) is 34.5 Å². The second-order valence-electron chi connectivity index (χ2n) is 18.4. The summed E-state index contributed by atoms with van der Waals surface area (Å²) in [5.41, 5.74) is 10.2. The number of hydrogen-bond donors (Lipinski definition) is 0. The van der Waals surface area contributed by atoms with Crippen molar-refractivity contribution in [3.05, 3.63) is 173 Å². The first-order valence-electron chi connectivity index (χ1n) is 23.6. The standard InChI is InChI=1S/C60H60O12/c1-31(61)37-13-43-25-45-15-38(32(2)62)17-47(56(45)68-8)27-49-19-40(34(4)64)21-51(58(49)70-10)29-53-23-42(36(6)66)24-54(60(53)72-12)30-52-22-41(35(5)65)20-50(59(52)71-11)28-48-18-39(33(3)63)16-46(57(48)69-9)26-44(14-37)55(43)67-7/h13-24H,25-30H2,1-12H3. The van der Waals surface area contributed by atoms with E-state index in [2.05, 4.69) is 0 Å². The maximum Gasteiger partial charge on any atom is 0.159 e. The lowest BCUT2D eigenvalue weighted by atomic mass is 9.87. The number of carbonyl (C=O) groups excluding carboxylic acids is 6. The second kappa shape index (κ2) is 21.6. The van der Waals surface area contributed by atoms with Crippen molar-refractivity contribution in [2.75, 3.05) is 42.7 Å². The minimum Gasteiger partial charge on any atom is -0.496 e. The van der Waals surface area contributed by atoms with Gasteiger partial charge in [-0.15, -0.1) is 0 Å². The highest BCUT2D eigenvalue weighted by molar-refractivity contribution is 5.98. The van der Waals surface area contributed by atoms with E-state index in [0.29, 0.717) is 135 Å². The smallest absolute Gasteiger partial charge is 0.159 e. The Hall–Kier alpha value is -7.86. The van der Waals surface area contributed by atoms with Crippen LogP contribution in [0.4, 0.5) is 0 Å². The molecule has 0 saturated carbocycles. The molecule has 0 amide bonds. The molecule has 12 bridgehead atoms. The Balaban J connectivity index is 1.61. The molecule has 0 saturated heterocycles. The molecule has 6 aromatic rings. The molecule has 7 rings (SSSR count). The lowest BCUT2D eigenvalue weighted by molar-refractivity contribution is 0.100. The van der Waals surface area contributed by atoms with Crippen LogP contribution in [-0.4, -0.2) is 77.4 Å². The predicted molar refractivity (Wildman–Crippen MR) is 275 cm³/mol. The van der Waals surface area contributed by atoms with Gasteiger partial charge in [-0.1, -0.05) is 0 Å². The average molecular weight is 973 g/mol. The summed E-state index contributed by atoms with van der Waals surface area (Å²) in [5.74, 6) is 1.76. The van der Waals surface area contributed by atoms with Crippen LogP contribution in [0, 0.1) is 0 Å². The van der Waals surface area contributed by atoms with Crippen LogP contribution in [0.2, 0.25) is 0 Å². The molecule has 0 N–H and O–H groups in total. The molecular weight excluding hydrogens is 913 g/mol. The summed E-state index contributed by atoms with van der Waals surface area (Å²) in [6.45, 7) is 8.92. The Morgan fingerprint density at radius 3 is 0.403 bits per heavy atom. The minimum absolute atomic E-state index is 0.170. The Labute approximate surface area is 420 Å². The van der Waals surface area contributed by atoms with Gasteiger partial charge in [-0.3, -0.25) is 28.8 Å². The molecule has 0 radical (unpaired) electrons. The molecule has 0 atom stereocenters. The van der Waals surface area contributed by atoms with Crippen molar-refractivity contribution in [2.45, 2.75) is 80.1 Å². The van der Waals surface area contributed by atoms with E-state index in [4.69, 9.17) is 28.4 Å². The molecule has 1 aliphatic carbocycles. The molecule has 372 valence electrons. The Morgan fingerprint density at radius 2 is 0.333 bits per heavy atom. The number of Topliss-reactive ketones (excluding diaryl/α,β-unsaturated/α-hetero) is 6. The summed E-state index contributed by atoms with van der Waals surface area (Å²) in [5, 5.41) is 0. The molecule has 1 aliphatic rings. The third-order valence-electron chi connectivity index (χ3n) is 13.4. The minimum atomic E-state index is -0.189. The van der Waals surface area contributed by atoms with Crippen molar-refractivity contribution >= 4 is 34.7 Å². The number of methoxy groups -OCH3 is 6. The summed E-state index contributed by atoms with van der Waals surface area (Å²) in [6, 6.07) is 21.3. The molecule has 0 heterocycles. The fourth-order valence-corrected chi connectivity index (χ4v) is 10.1.